The van der Waals surface area contributed by atoms with E-state index in [1.165, 1.54) is 61.1 Å². The first-order valence-corrected chi connectivity index (χ1v) is 12.2. The molecule has 2 aromatic heterocycles. The Hall–Kier alpha value is -1.46. The largest absolute Gasteiger partial charge is 0.128 e. The van der Waals surface area contributed by atoms with Crippen molar-refractivity contribution in [3.63, 3.8) is 0 Å². The fourth-order valence-corrected chi connectivity index (χ4v) is 7.26. The summed E-state index contributed by atoms with van der Waals surface area (Å²) in [5.41, 5.74) is 7.80. The van der Waals surface area contributed by atoms with Crippen molar-refractivity contribution in [3.05, 3.63) is 79.4 Å². The van der Waals surface area contributed by atoms with Gasteiger partial charge in [0.2, 0.25) is 0 Å². The van der Waals surface area contributed by atoms with Gasteiger partial charge in [-0.05, 0) is 69.0 Å². The maximum atomic E-state index is 3.75. The molecule has 0 saturated carbocycles. The van der Waals surface area contributed by atoms with Crippen LogP contribution < -0.4 is 0 Å². The summed E-state index contributed by atoms with van der Waals surface area (Å²) in [4.78, 5) is 0. The number of benzene rings is 3. The maximum absolute atomic E-state index is 3.75. The van der Waals surface area contributed by atoms with Crippen LogP contribution in [0.25, 0.3) is 42.4 Å². The smallest absolute Gasteiger partial charge is 0.0711 e. The van der Waals surface area contributed by atoms with Crippen molar-refractivity contribution in [3.8, 4) is 22.3 Å². The molecule has 0 unspecified atom stereocenters. The average Bonchev–Trinajstić information content (AvgIpc) is 3.20. The van der Waals surface area contributed by atoms with Crippen molar-refractivity contribution in [2.45, 2.75) is 13.8 Å². The van der Waals surface area contributed by atoms with Crippen LogP contribution in [0.3, 0.4) is 0 Å². The van der Waals surface area contributed by atoms with Gasteiger partial charge in [0.05, 0.1) is 7.57 Å². The molecule has 28 heavy (non-hydrogen) atoms. The predicted octanol–water partition coefficient (Wildman–Crippen LogP) is 9.59. The van der Waals surface area contributed by atoms with Crippen molar-refractivity contribution in [1.82, 2.24) is 0 Å². The molecule has 0 atom stereocenters. The lowest BCUT2D eigenvalue weighted by Crippen LogP contribution is -1.86. The van der Waals surface area contributed by atoms with E-state index in [0.29, 0.717) is 0 Å². The fourth-order valence-electron chi connectivity index (χ4n) is 3.88. The Balaban J connectivity index is 1.99. The van der Waals surface area contributed by atoms with E-state index >= 15 is 0 Å². The van der Waals surface area contributed by atoms with Gasteiger partial charge < -0.3 is 0 Å². The minimum atomic E-state index is 1.17. The van der Waals surface area contributed by atoms with E-state index < -0.39 is 0 Å². The third-order valence-electron chi connectivity index (χ3n) is 5.01. The highest BCUT2D eigenvalue weighted by atomic mass is 79.9. The van der Waals surface area contributed by atoms with Crippen LogP contribution in [-0.2, 0) is 0 Å². The molecule has 0 aliphatic heterocycles. The summed E-state index contributed by atoms with van der Waals surface area (Å²) in [6.45, 7) is 4.32. The van der Waals surface area contributed by atoms with Crippen molar-refractivity contribution < 1.29 is 0 Å². The van der Waals surface area contributed by atoms with Gasteiger partial charge in [0.25, 0.3) is 0 Å². The van der Waals surface area contributed by atoms with Crippen LogP contribution in [-0.4, -0.2) is 0 Å². The quantitative estimate of drug-likeness (QED) is 0.214. The van der Waals surface area contributed by atoms with Gasteiger partial charge in [-0.25, -0.2) is 0 Å². The second kappa shape index (κ2) is 7.10. The van der Waals surface area contributed by atoms with Gasteiger partial charge >= 0.3 is 0 Å². The molecule has 0 radical (unpaired) electrons. The summed E-state index contributed by atoms with van der Waals surface area (Å²) in [5.74, 6) is 0. The fraction of sp³-hybridized carbons (Fsp3) is 0.0833. The molecule has 138 valence electrons. The summed E-state index contributed by atoms with van der Waals surface area (Å²) >= 11 is 11.2. The summed E-state index contributed by atoms with van der Waals surface area (Å²) in [6.07, 6.45) is 0. The van der Waals surface area contributed by atoms with Gasteiger partial charge in [-0.1, -0.05) is 59.7 Å². The van der Waals surface area contributed by atoms with E-state index in [-0.39, 0.29) is 0 Å². The minimum absolute atomic E-state index is 1.17. The molecule has 0 saturated heterocycles. The molecule has 0 nitrogen and oxygen atoms in total. The lowest BCUT2D eigenvalue weighted by Gasteiger charge is -2.13. The predicted molar refractivity (Wildman–Crippen MR) is 133 cm³/mol. The van der Waals surface area contributed by atoms with Gasteiger partial charge in [-0.3, -0.25) is 0 Å². The zero-order valence-electron chi connectivity index (χ0n) is 15.3. The number of thiophene rings is 2. The SMILES string of the molecule is Cc1cccc(-c2c3cc(Br)sc3c(-c3cccc(C)c3)c3cc(Br)sc23)c1. The number of halogens is 2. The van der Waals surface area contributed by atoms with Crippen molar-refractivity contribution in [1.29, 1.82) is 0 Å². The average molecular weight is 528 g/mol. The first-order chi connectivity index (χ1) is 13.5. The second-order valence-electron chi connectivity index (χ2n) is 7.08. The molecule has 0 aliphatic carbocycles. The zero-order valence-corrected chi connectivity index (χ0v) is 20.2. The standard InChI is InChI=1S/C24H16Br2S2/c1-13-5-3-7-15(9-13)21-17-11-19(25)28-24(17)22(16-8-4-6-14(2)10-16)18-12-20(26)27-23(18)21/h3-12H,1-2H3. The van der Waals surface area contributed by atoms with E-state index in [0.717, 1.165) is 0 Å². The van der Waals surface area contributed by atoms with Gasteiger partial charge in [0.1, 0.15) is 0 Å². The normalized spacial score (nSPS) is 11.6. The Kier molecular flexibility index (Phi) is 4.71. The number of hydrogen-bond acceptors (Lipinski definition) is 2. The Morgan fingerprint density at radius 3 is 1.43 bits per heavy atom. The highest BCUT2D eigenvalue weighted by Gasteiger charge is 2.21. The van der Waals surface area contributed by atoms with Crippen molar-refractivity contribution in [2.24, 2.45) is 0 Å². The summed E-state index contributed by atoms with van der Waals surface area (Å²) in [6, 6.07) is 22.2. The summed E-state index contributed by atoms with van der Waals surface area (Å²) in [7, 11) is 0. The Morgan fingerprint density at radius 2 is 1.04 bits per heavy atom. The summed E-state index contributed by atoms with van der Waals surface area (Å²) in [5, 5.41) is 2.64. The maximum Gasteiger partial charge on any atom is 0.0711 e. The molecule has 3 aromatic carbocycles. The van der Waals surface area contributed by atoms with Crippen LogP contribution in [0.5, 0.6) is 0 Å². The van der Waals surface area contributed by atoms with E-state index in [1.807, 2.05) is 22.7 Å². The monoisotopic (exact) mass is 526 g/mol. The number of aryl methyl sites for hydroxylation is 2. The minimum Gasteiger partial charge on any atom is -0.128 e. The van der Waals surface area contributed by atoms with Crippen molar-refractivity contribution in [2.75, 3.05) is 0 Å². The van der Waals surface area contributed by atoms with Gasteiger partial charge in [0.15, 0.2) is 0 Å². The van der Waals surface area contributed by atoms with Gasteiger partial charge in [-0.15, -0.1) is 22.7 Å². The molecular formula is C24H16Br2S2. The van der Waals surface area contributed by atoms with Crippen LogP contribution >= 0.6 is 54.5 Å². The van der Waals surface area contributed by atoms with Gasteiger partial charge in [-0.2, -0.15) is 0 Å². The van der Waals surface area contributed by atoms with E-state index in [4.69, 9.17) is 0 Å². The molecule has 4 heteroatoms. The molecule has 0 spiro atoms. The third-order valence-corrected chi connectivity index (χ3v) is 8.32. The molecule has 5 rings (SSSR count). The first-order valence-electron chi connectivity index (χ1n) is 8.99. The third kappa shape index (κ3) is 3.07. The molecular weight excluding hydrogens is 512 g/mol. The van der Waals surface area contributed by atoms with Crippen LogP contribution in [0.4, 0.5) is 0 Å². The Bertz CT molecular complexity index is 1200. The van der Waals surface area contributed by atoms with Crippen molar-refractivity contribution >= 4 is 74.7 Å². The molecule has 0 amide bonds. The van der Waals surface area contributed by atoms with Crippen LogP contribution in [0.1, 0.15) is 11.1 Å². The number of hydrogen-bond donors (Lipinski definition) is 0. The van der Waals surface area contributed by atoms with E-state index in [1.54, 1.807) is 0 Å². The number of rotatable bonds is 2. The van der Waals surface area contributed by atoms with Gasteiger partial charge in [0, 0.05) is 31.3 Å². The molecule has 2 heterocycles. The Labute approximate surface area is 189 Å². The topological polar surface area (TPSA) is 0 Å². The highest BCUT2D eigenvalue weighted by molar-refractivity contribution is 9.11. The highest BCUT2D eigenvalue weighted by Crippen LogP contribution is 2.51. The molecule has 0 aliphatic rings. The lowest BCUT2D eigenvalue weighted by atomic mass is 9.93. The second-order valence-corrected chi connectivity index (χ2v) is 11.9. The summed E-state index contributed by atoms with van der Waals surface area (Å²) < 4.78 is 5.02. The number of fused-ring (bicyclic) bond motifs is 2. The first kappa shape index (κ1) is 18.6. The van der Waals surface area contributed by atoms with Crippen LogP contribution in [0, 0.1) is 13.8 Å². The molecule has 0 bridgehead atoms. The van der Waals surface area contributed by atoms with Crippen LogP contribution in [0.2, 0.25) is 0 Å². The molecule has 0 fully saturated rings. The molecule has 0 N–H and O–H groups in total. The van der Waals surface area contributed by atoms with Crippen LogP contribution in [0.15, 0.2) is 68.2 Å². The lowest BCUT2D eigenvalue weighted by molar-refractivity contribution is 1.47. The zero-order chi connectivity index (χ0) is 19.4. The molecule has 5 aromatic rings. The Morgan fingerprint density at radius 1 is 0.607 bits per heavy atom. The van der Waals surface area contributed by atoms with E-state index in [9.17, 15) is 0 Å². The van der Waals surface area contributed by atoms with E-state index in [2.05, 4.69) is 106 Å².